The fourth-order valence-electron chi connectivity index (χ4n) is 2.63. The van der Waals surface area contributed by atoms with Crippen LogP contribution in [-0.4, -0.2) is 39.6 Å². The van der Waals surface area contributed by atoms with Gasteiger partial charge in [-0.05, 0) is 42.8 Å². The number of hydrogen-bond acceptors (Lipinski definition) is 6. The SMILES string of the molecule is CCn1nc(C(=O)N/N=C\c2ccc(OCC(=O)O)cc2)c2ccccc2c1=O. The largest absolute Gasteiger partial charge is 0.482 e. The van der Waals surface area contributed by atoms with E-state index in [1.165, 1.54) is 10.9 Å². The maximum atomic E-state index is 12.6. The zero-order valence-electron chi connectivity index (χ0n) is 15.5. The summed E-state index contributed by atoms with van der Waals surface area (Å²) in [5.41, 5.74) is 2.93. The van der Waals surface area contributed by atoms with E-state index in [1.54, 1.807) is 55.5 Å². The van der Waals surface area contributed by atoms with Gasteiger partial charge in [-0.1, -0.05) is 18.2 Å². The number of nitrogens with one attached hydrogen (secondary N) is 1. The van der Waals surface area contributed by atoms with Crippen LogP contribution in [0.25, 0.3) is 10.8 Å². The minimum atomic E-state index is -1.06. The molecule has 148 valence electrons. The zero-order chi connectivity index (χ0) is 20.8. The van der Waals surface area contributed by atoms with Crippen molar-refractivity contribution in [2.45, 2.75) is 13.5 Å². The van der Waals surface area contributed by atoms with Crippen LogP contribution >= 0.6 is 0 Å². The lowest BCUT2D eigenvalue weighted by Gasteiger charge is -2.08. The Hall–Kier alpha value is -4.01. The third-order valence-corrected chi connectivity index (χ3v) is 4.00. The number of carbonyl (C=O) groups excluding carboxylic acids is 1. The maximum absolute atomic E-state index is 12.6. The fraction of sp³-hybridized carbons (Fsp3) is 0.150. The Morgan fingerprint density at radius 3 is 2.52 bits per heavy atom. The van der Waals surface area contributed by atoms with Gasteiger partial charge < -0.3 is 9.84 Å². The number of rotatable bonds is 7. The summed E-state index contributed by atoms with van der Waals surface area (Å²) in [7, 11) is 0. The molecule has 9 nitrogen and oxygen atoms in total. The van der Waals surface area contributed by atoms with Gasteiger partial charge in [0, 0.05) is 11.9 Å². The summed E-state index contributed by atoms with van der Waals surface area (Å²) in [6, 6.07) is 13.3. The smallest absolute Gasteiger partial charge is 0.341 e. The van der Waals surface area contributed by atoms with E-state index in [0.717, 1.165) is 0 Å². The molecule has 0 saturated heterocycles. The number of carbonyl (C=O) groups is 2. The Kier molecular flexibility index (Phi) is 5.98. The number of fused-ring (bicyclic) bond motifs is 1. The number of aliphatic carboxylic acids is 1. The minimum absolute atomic E-state index is 0.108. The van der Waals surface area contributed by atoms with E-state index in [2.05, 4.69) is 15.6 Å². The molecule has 0 fully saturated rings. The van der Waals surface area contributed by atoms with Gasteiger partial charge in [0.05, 0.1) is 11.6 Å². The van der Waals surface area contributed by atoms with Gasteiger partial charge in [-0.3, -0.25) is 9.59 Å². The molecule has 1 aromatic heterocycles. The summed E-state index contributed by atoms with van der Waals surface area (Å²) >= 11 is 0. The van der Waals surface area contributed by atoms with Crippen molar-refractivity contribution in [2.24, 2.45) is 5.10 Å². The number of hydrogen-bond donors (Lipinski definition) is 2. The van der Waals surface area contributed by atoms with E-state index in [-0.39, 0.29) is 11.3 Å². The molecule has 9 heteroatoms. The van der Waals surface area contributed by atoms with Crippen molar-refractivity contribution in [1.29, 1.82) is 0 Å². The molecule has 1 heterocycles. The lowest BCUT2D eigenvalue weighted by Crippen LogP contribution is -2.28. The molecule has 0 aliphatic carbocycles. The average molecular weight is 394 g/mol. The first-order valence-electron chi connectivity index (χ1n) is 8.77. The predicted molar refractivity (Wildman–Crippen MR) is 106 cm³/mol. The number of nitrogens with zero attached hydrogens (tertiary/aromatic N) is 3. The Balaban J connectivity index is 1.75. The second kappa shape index (κ2) is 8.79. The number of aromatic nitrogens is 2. The summed E-state index contributed by atoms with van der Waals surface area (Å²) in [6.45, 7) is 1.68. The first-order chi connectivity index (χ1) is 14.0. The van der Waals surface area contributed by atoms with E-state index < -0.39 is 18.5 Å². The summed E-state index contributed by atoms with van der Waals surface area (Å²) in [5, 5.41) is 17.5. The molecule has 2 N–H and O–H groups in total. The van der Waals surface area contributed by atoms with Crippen molar-refractivity contribution in [3.63, 3.8) is 0 Å². The molecule has 1 amide bonds. The second-order valence-corrected chi connectivity index (χ2v) is 5.97. The molecular weight excluding hydrogens is 376 g/mol. The molecule has 3 rings (SSSR count). The lowest BCUT2D eigenvalue weighted by atomic mass is 10.1. The van der Waals surface area contributed by atoms with Crippen molar-refractivity contribution >= 4 is 28.9 Å². The molecule has 0 spiro atoms. The summed E-state index contributed by atoms with van der Waals surface area (Å²) in [6.07, 6.45) is 1.43. The zero-order valence-corrected chi connectivity index (χ0v) is 15.5. The fourth-order valence-corrected chi connectivity index (χ4v) is 2.63. The first-order valence-corrected chi connectivity index (χ1v) is 8.77. The molecule has 0 unspecified atom stereocenters. The molecule has 29 heavy (non-hydrogen) atoms. The molecule has 0 radical (unpaired) electrons. The Morgan fingerprint density at radius 2 is 1.86 bits per heavy atom. The number of hydrazone groups is 1. The van der Waals surface area contributed by atoms with Crippen LogP contribution in [0.5, 0.6) is 5.75 Å². The van der Waals surface area contributed by atoms with Crippen molar-refractivity contribution in [3.8, 4) is 5.75 Å². The summed E-state index contributed by atoms with van der Waals surface area (Å²) in [5.74, 6) is -1.19. The summed E-state index contributed by atoms with van der Waals surface area (Å²) in [4.78, 5) is 35.4. The van der Waals surface area contributed by atoms with Crippen LogP contribution in [0.1, 0.15) is 23.0 Å². The standard InChI is InChI=1S/C20H18N4O5/c1-2-24-20(28)16-6-4-3-5-15(16)18(23-24)19(27)22-21-11-13-7-9-14(10-8-13)29-12-17(25)26/h3-11H,2,12H2,1H3,(H,22,27)(H,25,26)/b21-11-. The number of amides is 1. The van der Waals surface area contributed by atoms with Crippen LogP contribution in [0.15, 0.2) is 58.4 Å². The van der Waals surface area contributed by atoms with Crippen LogP contribution in [-0.2, 0) is 11.3 Å². The van der Waals surface area contributed by atoms with Gasteiger partial charge in [0.1, 0.15) is 5.75 Å². The topological polar surface area (TPSA) is 123 Å². The van der Waals surface area contributed by atoms with Crippen molar-refractivity contribution < 1.29 is 19.4 Å². The van der Waals surface area contributed by atoms with Crippen molar-refractivity contribution in [3.05, 3.63) is 70.1 Å². The molecule has 0 atom stereocenters. The van der Waals surface area contributed by atoms with Gasteiger partial charge in [0.25, 0.3) is 11.5 Å². The van der Waals surface area contributed by atoms with Crippen LogP contribution < -0.4 is 15.7 Å². The molecule has 0 aliphatic rings. The molecule has 0 aliphatic heterocycles. The van der Waals surface area contributed by atoms with Crippen molar-refractivity contribution in [2.75, 3.05) is 6.61 Å². The van der Waals surface area contributed by atoms with Gasteiger partial charge in [-0.2, -0.15) is 10.2 Å². The normalized spacial score (nSPS) is 10.9. The van der Waals surface area contributed by atoms with Crippen LogP contribution in [0, 0.1) is 0 Å². The van der Waals surface area contributed by atoms with Crippen molar-refractivity contribution in [1.82, 2.24) is 15.2 Å². The van der Waals surface area contributed by atoms with E-state index in [1.807, 2.05) is 0 Å². The highest BCUT2D eigenvalue weighted by Gasteiger charge is 2.15. The quantitative estimate of drug-likeness (QED) is 0.464. The average Bonchev–Trinajstić information content (AvgIpc) is 2.73. The molecule has 2 aromatic carbocycles. The van der Waals surface area contributed by atoms with E-state index in [0.29, 0.717) is 28.6 Å². The number of benzene rings is 2. The molecule has 0 bridgehead atoms. The van der Waals surface area contributed by atoms with E-state index in [9.17, 15) is 14.4 Å². The minimum Gasteiger partial charge on any atom is -0.482 e. The molecule has 0 saturated carbocycles. The number of ether oxygens (including phenoxy) is 1. The van der Waals surface area contributed by atoms with Crippen LogP contribution in [0.3, 0.4) is 0 Å². The summed E-state index contributed by atoms with van der Waals surface area (Å²) < 4.78 is 6.28. The van der Waals surface area contributed by atoms with Gasteiger partial charge in [-0.25, -0.2) is 14.9 Å². The van der Waals surface area contributed by atoms with Crippen LogP contribution in [0.2, 0.25) is 0 Å². The Bertz CT molecular complexity index is 1140. The Morgan fingerprint density at radius 1 is 1.17 bits per heavy atom. The first kappa shape index (κ1) is 19.7. The highest BCUT2D eigenvalue weighted by Crippen LogP contribution is 2.13. The number of carboxylic acids is 1. The second-order valence-electron chi connectivity index (χ2n) is 5.97. The maximum Gasteiger partial charge on any atom is 0.341 e. The highest BCUT2D eigenvalue weighted by atomic mass is 16.5. The van der Waals surface area contributed by atoms with Gasteiger partial charge in [0.15, 0.2) is 12.3 Å². The van der Waals surface area contributed by atoms with Gasteiger partial charge in [-0.15, -0.1) is 0 Å². The number of carboxylic acid groups (broad SMARTS) is 1. The monoisotopic (exact) mass is 394 g/mol. The highest BCUT2D eigenvalue weighted by molar-refractivity contribution is 6.04. The Labute approximate surface area is 165 Å². The lowest BCUT2D eigenvalue weighted by molar-refractivity contribution is -0.139. The van der Waals surface area contributed by atoms with E-state index in [4.69, 9.17) is 9.84 Å². The number of aryl methyl sites for hydroxylation is 1. The molecular formula is C20H18N4O5. The van der Waals surface area contributed by atoms with E-state index >= 15 is 0 Å². The van der Waals surface area contributed by atoms with Gasteiger partial charge >= 0.3 is 5.97 Å². The third kappa shape index (κ3) is 4.64. The molecule has 3 aromatic rings. The van der Waals surface area contributed by atoms with Crippen LogP contribution in [0.4, 0.5) is 0 Å². The predicted octanol–water partition coefficient (Wildman–Crippen LogP) is 1.64. The third-order valence-electron chi connectivity index (χ3n) is 4.00. The van der Waals surface area contributed by atoms with Gasteiger partial charge in [0.2, 0.25) is 0 Å².